The third-order valence-electron chi connectivity index (χ3n) is 5.87. The van der Waals surface area contributed by atoms with Crippen molar-refractivity contribution >= 4 is 18.1 Å². The van der Waals surface area contributed by atoms with Crippen LogP contribution in [-0.4, -0.2) is 40.1 Å². The van der Waals surface area contributed by atoms with Crippen LogP contribution < -0.4 is 5.32 Å². The van der Waals surface area contributed by atoms with Crippen molar-refractivity contribution in [3.63, 3.8) is 0 Å². The van der Waals surface area contributed by atoms with Crippen molar-refractivity contribution in [3.05, 3.63) is 41.5 Å². The summed E-state index contributed by atoms with van der Waals surface area (Å²) in [7, 11) is 0. The molecule has 2 atom stereocenters. The maximum absolute atomic E-state index is 12.0. The molecule has 2 unspecified atom stereocenters. The van der Waals surface area contributed by atoms with Crippen LogP contribution >= 0.6 is 0 Å². The van der Waals surface area contributed by atoms with E-state index in [-0.39, 0.29) is 24.0 Å². The van der Waals surface area contributed by atoms with E-state index in [1.807, 2.05) is 18.2 Å². The number of hydrogen-bond acceptors (Lipinski definition) is 2. The van der Waals surface area contributed by atoms with Crippen molar-refractivity contribution in [2.75, 3.05) is 0 Å². The van der Waals surface area contributed by atoms with Gasteiger partial charge in [-0.1, -0.05) is 48.9 Å². The number of nitrogens with one attached hydrogen (secondary N) is 1. The summed E-state index contributed by atoms with van der Waals surface area (Å²) in [6.45, 7) is 3.68. The molecule has 146 valence electrons. The highest BCUT2D eigenvalue weighted by atomic mass is 16.4. The van der Waals surface area contributed by atoms with Crippen LogP contribution in [0.25, 0.3) is 6.08 Å². The van der Waals surface area contributed by atoms with Gasteiger partial charge in [-0.15, -0.1) is 0 Å². The molecule has 2 N–H and O–H groups in total. The van der Waals surface area contributed by atoms with E-state index in [0.29, 0.717) is 5.92 Å². The fraction of sp³-hybridized carbons (Fsp3) is 0.545. The van der Waals surface area contributed by atoms with E-state index in [1.165, 1.54) is 18.1 Å². The fourth-order valence-electron chi connectivity index (χ4n) is 4.48. The Labute approximate surface area is 161 Å². The SMILES string of the molecule is CCC(=Cc1ccccc1)C1CC1N(C(=O)O)C1CCC(NC(C)=O)CC1. The zero-order valence-electron chi connectivity index (χ0n) is 16.2. The Morgan fingerprint density at radius 3 is 2.41 bits per heavy atom. The van der Waals surface area contributed by atoms with Crippen LogP contribution in [0.3, 0.4) is 0 Å². The summed E-state index contributed by atoms with van der Waals surface area (Å²) < 4.78 is 0. The van der Waals surface area contributed by atoms with Gasteiger partial charge >= 0.3 is 6.09 Å². The smallest absolute Gasteiger partial charge is 0.407 e. The standard InChI is InChI=1S/C22H30N2O3/c1-3-17(13-16-7-5-4-6-8-16)20-14-21(20)24(22(26)27)19-11-9-18(10-12-19)23-15(2)25/h4-8,13,18-21H,3,9-12,14H2,1-2H3,(H,23,25)(H,26,27). The van der Waals surface area contributed by atoms with E-state index in [0.717, 1.165) is 38.5 Å². The summed E-state index contributed by atoms with van der Waals surface area (Å²) in [6, 6.07) is 10.6. The minimum Gasteiger partial charge on any atom is -0.465 e. The second-order valence-corrected chi connectivity index (χ2v) is 7.79. The number of benzene rings is 1. The van der Waals surface area contributed by atoms with Crippen molar-refractivity contribution in [1.29, 1.82) is 0 Å². The predicted molar refractivity (Wildman–Crippen MR) is 106 cm³/mol. The molecule has 2 amide bonds. The normalized spacial score (nSPS) is 27.7. The summed E-state index contributed by atoms with van der Waals surface area (Å²) >= 11 is 0. The summed E-state index contributed by atoms with van der Waals surface area (Å²) in [5.74, 6) is 0.328. The molecule has 2 saturated carbocycles. The second-order valence-electron chi connectivity index (χ2n) is 7.79. The molecular weight excluding hydrogens is 340 g/mol. The van der Waals surface area contributed by atoms with E-state index < -0.39 is 6.09 Å². The predicted octanol–water partition coefficient (Wildman–Crippen LogP) is 4.30. The van der Waals surface area contributed by atoms with E-state index >= 15 is 0 Å². The molecule has 5 heteroatoms. The molecule has 0 heterocycles. The number of carboxylic acid groups (broad SMARTS) is 1. The molecule has 0 aliphatic heterocycles. The molecule has 2 aliphatic carbocycles. The molecule has 0 saturated heterocycles. The van der Waals surface area contributed by atoms with Crippen LogP contribution in [0.1, 0.15) is 57.9 Å². The first-order valence-electron chi connectivity index (χ1n) is 10.0. The van der Waals surface area contributed by atoms with Crippen LogP contribution in [0.4, 0.5) is 4.79 Å². The lowest BCUT2D eigenvalue weighted by molar-refractivity contribution is -0.119. The molecule has 1 aromatic rings. The molecule has 0 spiro atoms. The quantitative estimate of drug-likeness (QED) is 0.784. The van der Waals surface area contributed by atoms with Gasteiger partial charge in [-0.2, -0.15) is 0 Å². The Balaban J connectivity index is 1.64. The molecule has 1 aromatic carbocycles. The van der Waals surface area contributed by atoms with Crippen molar-refractivity contribution < 1.29 is 14.7 Å². The molecule has 5 nitrogen and oxygen atoms in total. The summed E-state index contributed by atoms with van der Waals surface area (Å²) in [5, 5.41) is 12.8. The number of amides is 2. The van der Waals surface area contributed by atoms with E-state index in [2.05, 4.69) is 30.4 Å². The minimum atomic E-state index is -0.805. The maximum Gasteiger partial charge on any atom is 0.407 e. The van der Waals surface area contributed by atoms with E-state index in [9.17, 15) is 14.7 Å². The average Bonchev–Trinajstić information content (AvgIpc) is 3.41. The van der Waals surface area contributed by atoms with Gasteiger partial charge in [0.25, 0.3) is 0 Å². The molecule has 0 radical (unpaired) electrons. The van der Waals surface area contributed by atoms with Crippen molar-refractivity contribution in [2.24, 2.45) is 5.92 Å². The Bertz CT molecular complexity index is 693. The van der Waals surface area contributed by atoms with Gasteiger partial charge in [0.2, 0.25) is 5.91 Å². The van der Waals surface area contributed by atoms with Crippen LogP contribution in [-0.2, 0) is 4.79 Å². The van der Waals surface area contributed by atoms with Crippen LogP contribution in [0.15, 0.2) is 35.9 Å². The lowest BCUT2D eigenvalue weighted by Crippen LogP contribution is -2.47. The molecule has 3 rings (SSSR count). The summed E-state index contributed by atoms with van der Waals surface area (Å²) in [5.41, 5.74) is 2.52. The van der Waals surface area contributed by atoms with Crippen molar-refractivity contribution in [1.82, 2.24) is 10.2 Å². The van der Waals surface area contributed by atoms with Gasteiger partial charge < -0.3 is 15.3 Å². The molecule has 0 bridgehead atoms. The van der Waals surface area contributed by atoms with Gasteiger partial charge in [0.05, 0.1) is 0 Å². The highest BCUT2D eigenvalue weighted by Gasteiger charge is 2.48. The number of nitrogens with zero attached hydrogens (tertiary/aromatic N) is 1. The van der Waals surface area contributed by atoms with Gasteiger partial charge in [-0.05, 0) is 44.1 Å². The number of carbonyl (C=O) groups is 2. The molecular formula is C22H30N2O3. The summed E-state index contributed by atoms with van der Waals surface area (Å²) in [4.78, 5) is 24.9. The molecule has 0 aromatic heterocycles. The lowest BCUT2D eigenvalue weighted by atomic mass is 9.90. The Kier molecular flexibility index (Phi) is 6.19. The number of rotatable bonds is 6. The van der Waals surface area contributed by atoms with Gasteiger partial charge in [-0.25, -0.2) is 4.79 Å². The van der Waals surface area contributed by atoms with Gasteiger partial charge in [0.15, 0.2) is 0 Å². The Morgan fingerprint density at radius 2 is 1.85 bits per heavy atom. The molecule has 2 fully saturated rings. The largest absolute Gasteiger partial charge is 0.465 e. The van der Waals surface area contributed by atoms with Crippen molar-refractivity contribution in [3.8, 4) is 0 Å². The first-order chi connectivity index (χ1) is 13.0. The Morgan fingerprint density at radius 1 is 1.19 bits per heavy atom. The van der Waals surface area contributed by atoms with Gasteiger partial charge in [0.1, 0.15) is 0 Å². The third kappa shape index (κ3) is 4.90. The van der Waals surface area contributed by atoms with E-state index in [4.69, 9.17) is 0 Å². The van der Waals surface area contributed by atoms with Crippen LogP contribution in [0.5, 0.6) is 0 Å². The minimum absolute atomic E-state index is 0.00515. The highest BCUT2D eigenvalue weighted by Crippen LogP contribution is 2.45. The first-order valence-corrected chi connectivity index (χ1v) is 10.0. The highest BCUT2D eigenvalue weighted by molar-refractivity contribution is 5.73. The molecule has 2 aliphatic rings. The topological polar surface area (TPSA) is 69.6 Å². The maximum atomic E-state index is 12.0. The lowest BCUT2D eigenvalue weighted by Gasteiger charge is -2.36. The Hall–Kier alpha value is -2.30. The van der Waals surface area contributed by atoms with Crippen LogP contribution in [0.2, 0.25) is 0 Å². The fourth-order valence-corrected chi connectivity index (χ4v) is 4.48. The zero-order chi connectivity index (χ0) is 19.4. The zero-order valence-corrected chi connectivity index (χ0v) is 16.2. The number of carbonyl (C=O) groups excluding carboxylic acids is 1. The van der Waals surface area contributed by atoms with Gasteiger partial charge in [-0.3, -0.25) is 4.79 Å². The third-order valence-corrected chi connectivity index (χ3v) is 5.87. The monoisotopic (exact) mass is 370 g/mol. The van der Waals surface area contributed by atoms with E-state index in [1.54, 1.807) is 4.90 Å². The molecule has 27 heavy (non-hydrogen) atoms. The summed E-state index contributed by atoms with van der Waals surface area (Å²) in [6.07, 6.45) is 6.63. The van der Waals surface area contributed by atoms with Crippen LogP contribution in [0, 0.1) is 5.92 Å². The van der Waals surface area contributed by atoms with Crippen molar-refractivity contribution in [2.45, 2.75) is 70.5 Å². The van der Waals surface area contributed by atoms with Gasteiger partial charge in [0, 0.05) is 31.0 Å². The second kappa shape index (κ2) is 8.59. The average molecular weight is 370 g/mol. The number of hydrogen-bond donors (Lipinski definition) is 2. The first kappa shape index (κ1) is 19.5.